The first kappa shape index (κ1) is 14.4. The molecule has 2 aromatic carbocycles. The lowest BCUT2D eigenvalue weighted by Gasteiger charge is -2.10. The minimum atomic E-state index is -0.776. The zero-order chi connectivity index (χ0) is 14.7. The first-order valence-corrected chi connectivity index (χ1v) is 6.23. The fourth-order valence-electron chi connectivity index (χ4n) is 1.46. The van der Waals surface area contributed by atoms with Crippen molar-refractivity contribution >= 4 is 33.3 Å². The van der Waals surface area contributed by atoms with Crippen LogP contribution in [0.5, 0.6) is 0 Å². The molecule has 0 heterocycles. The Morgan fingerprint density at radius 2 is 1.50 bits per heavy atom. The van der Waals surface area contributed by atoms with E-state index in [1.807, 2.05) is 0 Å². The Kier molecular flexibility index (Phi) is 4.29. The molecular weight excluding hydrogens is 337 g/mol. The Labute approximate surface area is 120 Å². The van der Waals surface area contributed by atoms with E-state index in [2.05, 4.69) is 26.6 Å². The minimum absolute atomic E-state index is 0.291. The van der Waals surface area contributed by atoms with Crippen molar-refractivity contribution < 1.29 is 18.0 Å². The number of hydrogen-bond donors (Lipinski definition) is 2. The first-order valence-electron chi connectivity index (χ1n) is 5.44. The summed E-state index contributed by atoms with van der Waals surface area (Å²) >= 11 is 3.07. The maximum atomic E-state index is 13.3. The van der Waals surface area contributed by atoms with Crippen LogP contribution in [0.1, 0.15) is 0 Å². The molecule has 0 aliphatic heterocycles. The van der Waals surface area contributed by atoms with E-state index in [9.17, 15) is 18.0 Å². The molecule has 0 saturated carbocycles. The molecule has 7 heteroatoms. The van der Waals surface area contributed by atoms with Crippen molar-refractivity contribution in [2.24, 2.45) is 0 Å². The number of rotatable bonds is 2. The van der Waals surface area contributed by atoms with E-state index in [1.54, 1.807) is 0 Å². The van der Waals surface area contributed by atoms with Crippen molar-refractivity contribution in [2.45, 2.75) is 0 Å². The zero-order valence-corrected chi connectivity index (χ0v) is 11.5. The number of carbonyl (C=O) groups is 1. The third-order valence-corrected chi connectivity index (χ3v) is 3.01. The SMILES string of the molecule is O=C(Nc1cc(F)ccc1F)Nc1ccc(F)cc1Br. The van der Waals surface area contributed by atoms with Gasteiger partial charge in [0, 0.05) is 10.5 Å². The van der Waals surface area contributed by atoms with Gasteiger partial charge in [-0.3, -0.25) is 0 Å². The van der Waals surface area contributed by atoms with Crippen LogP contribution in [0, 0.1) is 17.5 Å². The van der Waals surface area contributed by atoms with Crippen molar-refractivity contribution in [3.05, 3.63) is 58.3 Å². The van der Waals surface area contributed by atoms with Crippen molar-refractivity contribution in [3.8, 4) is 0 Å². The molecule has 0 unspecified atom stereocenters. The molecule has 104 valence electrons. The van der Waals surface area contributed by atoms with Crippen LogP contribution in [-0.4, -0.2) is 6.03 Å². The van der Waals surface area contributed by atoms with Gasteiger partial charge in [-0.15, -0.1) is 0 Å². The molecule has 0 bridgehead atoms. The van der Waals surface area contributed by atoms with Gasteiger partial charge in [0.25, 0.3) is 0 Å². The smallest absolute Gasteiger partial charge is 0.307 e. The van der Waals surface area contributed by atoms with E-state index in [-0.39, 0.29) is 5.69 Å². The first-order chi connectivity index (χ1) is 9.45. The molecule has 0 aliphatic rings. The number of halogens is 4. The van der Waals surface area contributed by atoms with Crippen LogP contribution < -0.4 is 10.6 Å². The minimum Gasteiger partial charge on any atom is -0.307 e. The summed E-state index contributed by atoms with van der Waals surface area (Å²) in [6, 6.07) is 5.58. The Hall–Kier alpha value is -2.02. The van der Waals surface area contributed by atoms with Crippen LogP contribution >= 0.6 is 15.9 Å². The van der Waals surface area contributed by atoms with Gasteiger partial charge in [0.2, 0.25) is 0 Å². The third-order valence-electron chi connectivity index (χ3n) is 2.36. The van der Waals surface area contributed by atoms with E-state index in [4.69, 9.17) is 0 Å². The molecule has 0 aliphatic carbocycles. The lowest BCUT2D eigenvalue weighted by molar-refractivity contribution is 0.262. The van der Waals surface area contributed by atoms with Gasteiger partial charge in [-0.2, -0.15) is 0 Å². The zero-order valence-electron chi connectivity index (χ0n) is 9.88. The summed E-state index contributed by atoms with van der Waals surface area (Å²) in [5, 5.41) is 4.54. The molecular formula is C13H8BrF3N2O. The van der Waals surface area contributed by atoms with Gasteiger partial charge in [-0.05, 0) is 46.3 Å². The van der Waals surface area contributed by atoms with Gasteiger partial charge in [-0.1, -0.05) is 0 Å². The highest BCUT2D eigenvalue weighted by Gasteiger charge is 2.10. The summed E-state index contributed by atoms with van der Waals surface area (Å²) < 4.78 is 39.5. The molecule has 3 nitrogen and oxygen atoms in total. The highest BCUT2D eigenvalue weighted by atomic mass is 79.9. The molecule has 0 atom stereocenters. The van der Waals surface area contributed by atoms with Crippen LogP contribution in [0.25, 0.3) is 0 Å². The Bertz CT molecular complexity index is 664. The van der Waals surface area contributed by atoms with Gasteiger partial charge in [0.05, 0.1) is 11.4 Å². The maximum Gasteiger partial charge on any atom is 0.323 e. The summed E-state index contributed by atoms with van der Waals surface area (Å²) in [4.78, 5) is 11.7. The summed E-state index contributed by atoms with van der Waals surface area (Å²) in [6.45, 7) is 0. The van der Waals surface area contributed by atoms with E-state index >= 15 is 0 Å². The highest BCUT2D eigenvalue weighted by Crippen LogP contribution is 2.23. The number of benzene rings is 2. The molecule has 2 rings (SSSR count). The number of hydrogen-bond acceptors (Lipinski definition) is 1. The fourth-order valence-corrected chi connectivity index (χ4v) is 1.91. The molecule has 0 fully saturated rings. The van der Waals surface area contributed by atoms with Gasteiger partial charge in [0.1, 0.15) is 17.5 Å². The quantitative estimate of drug-likeness (QED) is 0.826. The van der Waals surface area contributed by atoms with Gasteiger partial charge in [-0.25, -0.2) is 18.0 Å². The van der Waals surface area contributed by atoms with Crippen LogP contribution in [0.4, 0.5) is 29.3 Å². The monoisotopic (exact) mass is 344 g/mol. The summed E-state index contributed by atoms with van der Waals surface area (Å²) in [5.41, 5.74) is 0.00134. The van der Waals surface area contributed by atoms with E-state index < -0.39 is 23.5 Å². The molecule has 2 aromatic rings. The van der Waals surface area contributed by atoms with Gasteiger partial charge in [0.15, 0.2) is 0 Å². The Morgan fingerprint density at radius 3 is 2.20 bits per heavy atom. The van der Waals surface area contributed by atoms with E-state index in [0.717, 1.165) is 24.3 Å². The summed E-state index contributed by atoms with van der Waals surface area (Å²) in [5.74, 6) is -1.91. The number of amides is 2. The average molecular weight is 345 g/mol. The molecule has 20 heavy (non-hydrogen) atoms. The van der Waals surface area contributed by atoms with Crippen LogP contribution in [0.3, 0.4) is 0 Å². The van der Waals surface area contributed by atoms with Crippen molar-refractivity contribution in [2.75, 3.05) is 10.6 Å². The maximum absolute atomic E-state index is 13.3. The predicted octanol–water partition coefficient (Wildman–Crippen LogP) is 4.51. The van der Waals surface area contributed by atoms with Gasteiger partial charge < -0.3 is 10.6 Å². The third kappa shape index (κ3) is 3.51. The van der Waals surface area contributed by atoms with Crippen molar-refractivity contribution in [1.82, 2.24) is 0 Å². The highest BCUT2D eigenvalue weighted by molar-refractivity contribution is 9.10. The normalized spacial score (nSPS) is 10.2. The van der Waals surface area contributed by atoms with Crippen molar-refractivity contribution in [1.29, 1.82) is 0 Å². The van der Waals surface area contributed by atoms with Gasteiger partial charge >= 0.3 is 6.03 Å². The second kappa shape index (κ2) is 5.96. The Balaban J connectivity index is 2.11. The lowest BCUT2D eigenvalue weighted by atomic mass is 10.3. The predicted molar refractivity (Wildman–Crippen MR) is 73.1 cm³/mol. The molecule has 0 aromatic heterocycles. The standard InChI is InChI=1S/C13H8BrF3N2O/c14-9-5-7(15)2-4-11(9)18-13(20)19-12-6-8(16)1-3-10(12)17/h1-6H,(H2,18,19,20). The van der Waals surface area contributed by atoms with Crippen LogP contribution in [0.2, 0.25) is 0 Å². The Morgan fingerprint density at radius 1 is 0.900 bits per heavy atom. The number of carbonyl (C=O) groups excluding carboxylic acids is 1. The molecule has 0 saturated heterocycles. The second-order valence-electron chi connectivity index (χ2n) is 3.83. The lowest BCUT2D eigenvalue weighted by Crippen LogP contribution is -2.20. The number of nitrogens with one attached hydrogen (secondary N) is 2. The summed E-state index contributed by atoms with van der Waals surface area (Å²) in [7, 11) is 0. The van der Waals surface area contributed by atoms with E-state index in [0.29, 0.717) is 10.2 Å². The number of urea groups is 1. The number of anilines is 2. The molecule has 2 amide bonds. The van der Waals surface area contributed by atoms with E-state index in [1.165, 1.54) is 12.1 Å². The average Bonchev–Trinajstić information content (AvgIpc) is 2.37. The molecule has 2 N–H and O–H groups in total. The summed E-state index contributed by atoms with van der Waals surface area (Å²) in [6.07, 6.45) is 0. The second-order valence-corrected chi connectivity index (χ2v) is 4.68. The van der Waals surface area contributed by atoms with Crippen molar-refractivity contribution in [3.63, 3.8) is 0 Å². The van der Waals surface area contributed by atoms with Crippen LogP contribution in [0.15, 0.2) is 40.9 Å². The largest absolute Gasteiger partial charge is 0.323 e. The molecule has 0 spiro atoms. The topological polar surface area (TPSA) is 41.1 Å². The molecule has 0 radical (unpaired) electrons. The van der Waals surface area contributed by atoms with Crippen LogP contribution in [-0.2, 0) is 0 Å². The fraction of sp³-hybridized carbons (Fsp3) is 0.